The van der Waals surface area contributed by atoms with E-state index in [0.29, 0.717) is 5.92 Å². The third-order valence-electron chi connectivity index (χ3n) is 2.14. The SMILES string of the molecule is CC(C)c1nnc(CC2CC2)o1. The minimum Gasteiger partial charge on any atom is -0.425 e. The van der Waals surface area contributed by atoms with E-state index in [1.807, 2.05) is 0 Å². The number of aromatic nitrogens is 2. The van der Waals surface area contributed by atoms with Crippen LogP contribution in [0.25, 0.3) is 0 Å². The zero-order valence-electron chi connectivity index (χ0n) is 7.58. The van der Waals surface area contributed by atoms with Crippen LogP contribution >= 0.6 is 0 Å². The van der Waals surface area contributed by atoms with Gasteiger partial charge in [-0.05, 0) is 18.8 Å². The van der Waals surface area contributed by atoms with Gasteiger partial charge < -0.3 is 4.42 Å². The molecule has 1 aromatic heterocycles. The molecule has 1 aliphatic carbocycles. The predicted octanol–water partition coefficient (Wildman–Crippen LogP) is 2.15. The lowest BCUT2D eigenvalue weighted by atomic mass is 10.2. The molecular formula is C9H14N2O. The minimum atomic E-state index is 0.352. The Morgan fingerprint density at radius 1 is 1.42 bits per heavy atom. The number of rotatable bonds is 3. The van der Waals surface area contributed by atoms with Crippen molar-refractivity contribution < 1.29 is 4.42 Å². The maximum Gasteiger partial charge on any atom is 0.219 e. The van der Waals surface area contributed by atoms with Gasteiger partial charge in [0.2, 0.25) is 11.8 Å². The topological polar surface area (TPSA) is 38.9 Å². The molecule has 12 heavy (non-hydrogen) atoms. The van der Waals surface area contributed by atoms with Gasteiger partial charge in [-0.1, -0.05) is 13.8 Å². The van der Waals surface area contributed by atoms with E-state index in [-0.39, 0.29) is 0 Å². The minimum absolute atomic E-state index is 0.352. The molecule has 3 nitrogen and oxygen atoms in total. The molecule has 0 atom stereocenters. The van der Waals surface area contributed by atoms with Crippen LogP contribution in [-0.4, -0.2) is 10.2 Å². The van der Waals surface area contributed by atoms with E-state index >= 15 is 0 Å². The summed E-state index contributed by atoms with van der Waals surface area (Å²) < 4.78 is 5.47. The molecule has 0 spiro atoms. The molecule has 66 valence electrons. The molecule has 0 radical (unpaired) electrons. The Bertz CT molecular complexity index is 263. The second-order valence-corrected chi connectivity index (χ2v) is 3.84. The molecule has 1 fully saturated rings. The van der Waals surface area contributed by atoms with Crippen molar-refractivity contribution in [1.29, 1.82) is 0 Å². The van der Waals surface area contributed by atoms with Crippen LogP contribution in [0.1, 0.15) is 44.4 Å². The van der Waals surface area contributed by atoms with Gasteiger partial charge in [-0.25, -0.2) is 0 Å². The first-order valence-corrected chi connectivity index (χ1v) is 4.58. The van der Waals surface area contributed by atoms with E-state index in [1.165, 1.54) is 12.8 Å². The van der Waals surface area contributed by atoms with Crippen LogP contribution in [0.5, 0.6) is 0 Å². The molecule has 0 N–H and O–H groups in total. The molecule has 1 aliphatic rings. The van der Waals surface area contributed by atoms with E-state index in [9.17, 15) is 0 Å². The molecule has 0 amide bonds. The molecule has 0 saturated heterocycles. The first kappa shape index (κ1) is 7.77. The van der Waals surface area contributed by atoms with Crippen molar-refractivity contribution in [3.05, 3.63) is 11.8 Å². The lowest BCUT2D eigenvalue weighted by Crippen LogP contribution is -1.85. The van der Waals surface area contributed by atoms with Gasteiger partial charge in [0.25, 0.3) is 0 Å². The van der Waals surface area contributed by atoms with Gasteiger partial charge in [-0.3, -0.25) is 0 Å². The van der Waals surface area contributed by atoms with Crippen molar-refractivity contribution in [1.82, 2.24) is 10.2 Å². The molecule has 1 heterocycles. The molecule has 1 aromatic rings. The standard InChI is InChI=1S/C9H14N2O/c1-6(2)9-11-10-8(12-9)5-7-3-4-7/h6-7H,3-5H2,1-2H3. The van der Waals surface area contributed by atoms with Crippen molar-refractivity contribution >= 4 is 0 Å². The third kappa shape index (κ3) is 1.65. The summed E-state index contributed by atoms with van der Waals surface area (Å²) in [6, 6.07) is 0. The number of hydrogen-bond donors (Lipinski definition) is 0. The summed E-state index contributed by atoms with van der Waals surface area (Å²) in [5.74, 6) is 2.77. The van der Waals surface area contributed by atoms with Gasteiger partial charge in [0.1, 0.15) is 0 Å². The quantitative estimate of drug-likeness (QED) is 0.690. The van der Waals surface area contributed by atoms with E-state index in [4.69, 9.17) is 4.42 Å². The molecule has 0 aliphatic heterocycles. The van der Waals surface area contributed by atoms with E-state index in [0.717, 1.165) is 24.1 Å². The van der Waals surface area contributed by atoms with Crippen molar-refractivity contribution in [2.75, 3.05) is 0 Å². The van der Waals surface area contributed by atoms with Crippen LogP contribution in [0.3, 0.4) is 0 Å². The molecule has 1 saturated carbocycles. The van der Waals surface area contributed by atoms with Crippen LogP contribution in [-0.2, 0) is 6.42 Å². The maximum atomic E-state index is 5.47. The van der Waals surface area contributed by atoms with Gasteiger partial charge in [0, 0.05) is 12.3 Å². The molecule has 0 unspecified atom stereocenters. The first-order valence-electron chi connectivity index (χ1n) is 4.58. The summed E-state index contributed by atoms with van der Waals surface area (Å²) in [6.45, 7) is 4.13. The van der Waals surface area contributed by atoms with Gasteiger partial charge in [-0.15, -0.1) is 10.2 Å². The van der Waals surface area contributed by atoms with Crippen molar-refractivity contribution in [3.63, 3.8) is 0 Å². The van der Waals surface area contributed by atoms with Crippen LogP contribution in [0.4, 0.5) is 0 Å². The lowest BCUT2D eigenvalue weighted by molar-refractivity contribution is 0.425. The Morgan fingerprint density at radius 2 is 2.17 bits per heavy atom. The zero-order chi connectivity index (χ0) is 8.55. The zero-order valence-corrected chi connectivity index (χ0v) is 7.58. The average Bonchev–Trinajstić information content (AvgIpc) is 2.66. The highest BCUT2D eigenvalue weighted by molar-refractivity contribution is 4.91. The normalized spacial score (nSPS) is 17.2. The van der Waals surface area contributed by atoms with Crippen LogP contribution in [0.2, 0.25) is 0 Å². The van der Waals surface area contributed by atoms with Crippen LogP contribution < -0.4 is 0 Å². The fraction of sp³-hybridized carbons (Fsp3) is 0.778. The van der Waals surface area contributed by atoms with Gasteiger partial charge in [0.05, 0.1) is 0 Å². The summed E-state index contributed by atoms with van der Waals surface area (Å²) in [4.78, 5) is 0. The molecular weight excluding hydrogens is 152 g/mol. The Hall–Kier alpha value is -0.860. The highest BCUT2D eigenvalue weighted by atomic mass is 16.4. The lowest BCUT2D eigenvalue weighted by Gasteiger charge is -1.93. The van der Waals surface area contributed by atoms with Gasteiger partial charge in [0.15, 0.2) is 0 Å². The smallest absolute Gasteiger partial charge is 0.219 e. The average molecular weight is 166 g/mol. The first-order chi connectivity index (χ1) is 5.75. The van der Waals surface area contributed by atoms with E-state index in [1.54, 1.807) is 0 Å². The monoisotopic (exact) mass is 166 g/mol. The molecule has 0 aromatic carbocycles. The second-order valence-electron chi connectivity index (χ2n) is 3.84. The van der Waals surface area contributed by atoms with Crippen LogP contribution in [0, 0.1) is 5.92 Å². The number of hydrogen-bond acceptors (Lipinski definition) is 3. The fourth-order valence-electron chi connectivity index (χ4n) is 1.15. The van der Waals surface area contributed by atoms with Crippen molar-refractivity contribution in [2.45, 2.75) is 39.0 Å². The Morgan fingerprint density at radius 3 is 2.67 bits per heavy atom. The van der Waals surface area contributed by atoms with Crippen molar-refractivity contribution in [2.24, 2.45) is 5.92 Å². The summed E-state index contributed by atoms with van der Waals surface area (Å²) in [5, 5.41) is 7.98. The highest BCUT2D eigenvalue weighted by Crippen LogP contribution is 2.32. The number of nitrogens with zero attached hydrogens (tertiary/aromatic N) is 2. The van der Waals surface area contributed by atoms with Gasteiger partial charge >= 0.3 is 0 Å². The largest absolute Gasteiger partial charge is 0.425 e. The van der Waals surface area contributed by atoms with Crippen LogP contribution in [0.15, 0.2) is 4.42 Å². The molecule has 2 rings (SSSR count). The van der Waals surface area contributed by atoms with Gasteiger partial charge in [-0.2, -0.15) is 0 Å². The summed E-state index contributed by atoms with van der Waals surface area (Å²) in [6.07, 6.45) is 3.65. The summed E-state index contributed by atoms with van der Waals surface area (Å²) in [7, 11) is 0. The van der Waals surface area contributed by atoms with E-state index < -0.39 is 0 Å². The Balaban J connectivity index is 2.02. The summed E-state index contributed by atoms with van der Waals surface area (Å²) in [5.41, 5.74) is 0. The van der Waals surface area contributed by atoms with Crippen molar-refractivity contribution in [3.8, 4) is 0 Å². The highest BCUT2D eigenvalue weighted by Gasteiger charge is 2.24. The third-order valence-corrected chi connectivity index (χ3v) is 2.14. The molecule has 0 bridgehead atoms. The second kappa shape index (κ2) is 2.88. The Kier molecular flexibility index (Phi) is 1.87. The molecule has 3 heteroatoms. The predicted molar refractivity (Wildman–Crippen MR) is 44.8 cm³/mol. The fourth-order valence-corrected chi connectivity index (χ4v) is 1.15. The summed E-state index contributed by atoms with van der Waals surface area (Å²) >= 11 is 0. The Labute approximate surface area is 72.2 Å². The van der Waals surface area contributed by atoms with E-state index in [2.05, 4.69) is 24.0 Å². The maximum absolute atomic E-state index is 5.47.